The van der Waals surface area contributed by atoms with Gasteiger partial charge in [0.15, 0.2) is 5.82 Å². The number of benzene rings is 1. The second-order valence-electron chi connectivity index (χ2n) is 11.9. The molecule has 15 heteroatoms. The summed E-state index contributed by atoms with van der Waals surface area (Å²) in [4.78, 5) is 17.0. The van der Waals surface area contributed by atoms with Crippen LogP contribution < -0.4 is 14.4 Å². The minimum absolute atomic E-state index is 0.00614. The monoisotopic (exact) mass is 619 g/mol. The van der Waals surface area contributed by atoms with Crippen molar-refractivity contribution < 1.29 is 36.5 Å². The summed E-state index contributed by atoms with van der Waals surface area (Å²) in [7, 11) is 1.69. The van der Waals surface area contributed by atoms with E-state index in [9.17, 15) is 22.7 Å². The summed E-state index contributed by atoms with van der Waals surface area (Å²) in [5.74, 6) is -1.06. The number of aromatic amines is 1. The third kappa shape index (κ3) is 4.50. The van der Waals surface area contributed by atoms with Gasteiger partial charge >= 0.3 is 12.2 Å². The molecule has 0 aliphatic carbocycles. The molecule has 44 heavy (non-hydrogen) atoms. The van der Waals surface area contributed by atoms with Crippen molar-refractivity contribution >= 4 is 27.6 Å². The second kappa shape index (κ2) is 10.4. The highest BCUT2D eigenvalue weighted by Crippen LogP contribution is 2.47. The van der Waals surface area contributed by atoms with Crippen molar-refractivity contribution in [2.75, 3.05) is 44.9 Å². The van der Waals surface area contributed by atoms with E-state index in [1.54, 1.807) is 11.9 Å². The largest absolute Gasteiger partial charge is 0.475 e. The van der Waals surface area contributed by atoms with E-state index >= 15 is 4.39 Å². The molecule has 0 radical (unpaired) electrons. The molecule has 2 N–H and O–H groups in total. The highest BCUT2D eigenvalue weighted by Gasteiger charge is 2.49. The Labute approximate surface area is 248 Å². The summed E-state index contributed by atoms with van der Waals surface area (Å²) in [5.41, 5.74) is -2.89. The predicted molar refractivity (Wildman–Crippen MR) is 150 cm³/mol. The molecule has 3 atom stereocenters. The number of H-pyrrole nitrogens is 1. The molecule has 2 saturated heterocycles. The van der Waals surface area contributed by atoms with Gasteiger partial charge in [-0.05, 0) is 44.4 Å². The Hall–Kier alpha value is -3.85. The smallest absolute Gasteiger partial charge is 0.417 e. The fraction of sp³-hybridized carbons (Fsp3) is 0.517. The van der Waals surface area contributed by atoms with Crippen LogP contribution >= 0.6 is 0 Å². The first-order chi connectivity index (χ1) is 21.0. The number of hydrogen-bond donors (Lipinski definition) is 2. The van der Waals surface area contributed by atoms with Crippen LogP contribution in [0.3, 0.4) is 0 Å². The Kier molecular flexibility index (Phi) is 6.81. The average molecular weight is 620 g/mol. The molecule has 7 rings (SSSR count). The van der Waals surface area contributed by atoms with E-state index in [0.29, 0.717) is 13.0 Å². The van der Waals surface area contributed by atoms with Gasteiger partial charge in [0.1, 0.15) is 41.8 Å². The van der Waals surface area contributed by atoms with E-state index in [1.165, 1.54) is 19.2 Å². The molecule has 0 unspecified atom stereocenters. The highest BCUT2D eigenvalue weighted by molar-refractivity contribution is 6.01. The third-order valence-corrected chi connectivity index (χ3v) is 9.16. The maximum atomic E-state index is 16.7. The first-order valence-electron chi connectivity index (χ1n) is 14.4. The summed E-state index contributed by atoms with van der Waals surface area (Å²) in [5, 5.41) is 16.3. The van der Waals surface area contributed by atoms with Gasteiger partial charge in [0.05, 0.1) is 28.9 Å². The number of aryl methyl sites for hydroxylation is 1. The second-order valence-corrected chi connectivity index (χ2v) is 11.9. The van der Waals surface area contributed by atoms with Crippen molar-refractivity contribution in [3.05, 3.63) is 29.2 Å². The number of nitrogens with zero attached hydrogens (tertiary/aromatic N) is 6. The molecule has 10 nitrogen and oxygen atoms in total. The predicted octanol–water partition coefficient (Wildman–Crippen LogP) is 4.57. The van der Waals surface area contributed by atoms with E-state index in [4.69, 9.17) is 9.47 Å². The SMILES string of the molecule is Cc1cc2[nH]ncc2c(-c2nc3c4c(nc(OC[C@@]56CCCN5C[C@H](F)C6)nc4c2F)N(C)[C@@H](CCO)CO3)c1C(F)(F)F. The van der Waals surface area contributed by atoms with Crippen LogP contribution in [-0.2, 0) is 6.18 Å². The molecule has 0 saturated carbocycles. The minimum atomic E-state index is -4.84. The maximum absolute atomic E-state index is 16.7. The molecule has 3 aliphatic heterocycles. The zero-order chi connectivity index (χ0) is 31.0. The molecule has 2 fully saturated rings. The molecule has 3 aromatic heterocycles. The van der Waals surface area contributed by atoms with Gasteiger partial charge in [0.2, 0.25) is 5.88 Å². The zero-order valence-corrected chi connectivity index (χ0v) is 24.0. The van der Waals surface area contributed by atoms with E-state index in [0.717, 1.165) is 19.4 Å². The molecule has 4 aromatic rings. The lowest BCUT2D eigenvalue weighted by Crippen LogP contribution is -2.43. The number of likely N-dealkylation sites (N-methyl/N-ethyl adjacent to an activating group) is 1. The number of ether oxygens (including phenoxy) is 2. The number of pyridine rings is 1. The number of halogens is 5. The van der Waals surface area contributed by atoms with Gasteiger partial charge in [-0.25, -0.2) is 13.8 Å². The first kappa shape index (κ1) is 28.9. The number of aliphatic hydroxyl groups is 1. The number of fused-ring (bicyclic) bond motifs is 2. The number of nitrogens with one attached hydrogen (secondary N) is 1. The number of aromatic nitrogens is 5. The molecular weight excluding hydrogens is 589 g/mol. The van der Waals surface area contributed by atoms with Crippen LogP contribution in [0.2, 0.25) is 0 Å². The van der Waals surface area contributed by atoms with Crippen LogP contribution in [0.5, 0.6) is 11.9 Å². The number of alkyl halides is 4. The van der Waals surface area contributed by atoms with Crippen LogP contribution in [0.15, 0.2) is 12.3 Å². The molecule has 234 valence electrons. The lowest BCUT2D eigenvalue weighted by molar-refractivity contribution is -0.137. The average Bonchev–Trinajstić information content (AvgIpc) is 3.65. The van der Waals surface area contributed by atoms with Crippen molar-refractivity contribution in [2.45, 2.75) is 56.5 Å². The van der Waals surface area contributed by atoms with E-state index in [-0.39, 0.29) is 71.3 Å². The topological polar surface area (TPSA) is 113 Å². The highest BCUT2D eigenvalue weighted by atomic mass is 19.4. The van der Waals surface area contributed by atoms with Gasteiger partial charge in [-0.15, -0.1) is 0 Å². The van der Waals surface area contributed by atoms with E-state index in [1.807, 2.05) is 0 Å². The third-order valence-electron chi connectivity index (χ3n) is 9.16. The van der Waals surface area contributed by atoms with Gasteiger partial charge in [0, 0.05) is 37.6 Å². The summed E-state index contributed by atoms with van der Waals surface area (Å²) >= 11 is 0. The lowest BCUT2D eigenvalue weighted by Gasteiger charge is -2.31. The summed E-state index contributed by atoms with van der Waals surface area (Å²) in [6, 6.07) is 0.669. The summed E-state index contributed by atoms with van der Waals surface area (Å²) in [6.45, 7) is 2.21. The molecule has 0 amide bonds. The van der Waals surface area contributed by atoms with Crippen molar-refractivity contribution in [1.29, 1.82) is 0 Å². The fourth-order valence-corrected chi connectivity index (χ4v) is 7.06. The number of anilines is 1. The zero-order valence-electron chi connectivity index (χ0n) is 24.0. The van der Waals surface area contributed by atoms with Crippen molar-refractivity contribution in [2.24, 2.45) is 0 Å². The van der Waals surface area contributed by atoms with Gasteiger partial charge in [0.25, 0.3) is 0 Å². The van der Waals surface area contributed by atoms with Crippen LogP contribution in [0.4, 0.5) is 27.8 Å². The molecule has 0 spiro atoms. The quantitative estimate of drug-likeness (QED) is 0.300. The van der Waals surface area contributed by atoms with Crippen LogP contribution in [-0.4, -0.2) is 92.9 Å². The maximum Gasteiger partial charge on any atom is 0.417 e. The minimum Gasteiger partial charge on any atom is -0.475 e. The standard InChI is InChI=1S/C29H30F5N7O3/c1-14-8-18-17(10-35-39-18)19(21(14)29(32,33)34)23-22(31)24-20-25(40(2)16(4-7-42)12-43-26(20)36-23)38-27(37-24)44-13-28-5-3-6-41(28)11-15(30)9-28/h8,10,15-16,42H,3-7,9,11-13H2,1-2H3,(H,35,39)/t15-,16+,28+/m1/s1. The van der Waals surface area contributed by atoms with Crippen molar-refractivity contribution in [3.8, 4) is 23.1 Å². The van der Waals surface area contributed by atoms with Crippen molar-refractivity contribution in [3.63, 3.8) is 0 Å². The molecule has 6 heterocycles. The lowest BCUT2D eigenvalue weighted by atomic mass is 9.94. The molecular formula is C29H30F5N7O3. The van der Waals surface area contributed by atoms with E-state index in [2.05, 4.69) is 30.0 Å². The van der Waals surface area contributed by atoms with Gasteiger partial charge in [-0.2, -0.15) is 28.2 Å². The Bertz CT molecular complexity index is 1770. The van der Waals surface area contributed by atoms with Crippen molar-refractivity contribution in [1.82, 2.24) is 30.0 Å². The Morgan fingerprint density at radius 3 is 2.84 bits per heavy atom. The Balaban J connectivity index is 1.44. The Morgan fingerprint density at radius 2 is 2.07 bits per heavy atom. The number of aliphatic hydroxyl groups excluding tert-OH is 1. The van der Waals surface area contributed by atoms with Gasteiger partial charge < -0.3 is 19.5 Å². The number of hydrogen-bond acceptors (Lipinski definition) is 9. The summed E-state index contributed by atoms with van der Waals surface area (Å²) in [6.07, 6.45) is -2.47. The molecule has 0 bridgehead atoms. The number of rotatable bonds is 6. The Morgan fingerprint density at radius 1 is 1.25 bits per heavy atom. The fourth-order valence-electron chi connectivity index (χ4n) is 7.06. The van der Waals surface area contributed by atoms with Crippen LogP contribution in [0, 0.1) is 12.7 Å². The first-order valence-corrected chi connectivity index (χ1v) is 14.4. The molecule has 1 aromatic carbocycles. The van der Waals surface area contributed by atoms with Crippen LogP contribution in [0.25, 0.3) is 33.1 Å². The van der Waals surface area contributed by atoms with Crippen LogP contribution in [0.1, 0.15) is 36.8 Å². The van der Waals surface area contributed by atoms with Gasteiger partial charge in [-0.3, -0.25) is 10.00 Å². The van der Waals surface area contributed by atoms with Gasteiger partial charge in [-0.1, -0.05) is 0 Å². The van der Waals surface area contributed by atoms with E-state index < -0.39 is 46.6 Å². The summed E-state index contributed by atoms with van der Waals surface area (Å²) < 4.78 is 86.7. The normalized spacial score (nSPS) is 23.8. The molecule has 3 aliphatic rings.